The van der Waals surface area contributed by atoms with Crippen LogP contribution in [0, 0.1) is 5.41 Å². The van der Waals surface area contributed by atoms with Crippen LogP contribution in [-0.2, 0) is 9.53 Å². The molecule has 0 amide bonds. The highest BCUT2D eigenvalue weighted by molar-refractivity contribution is 9.10. The van der Waals surface area contributed by atoms with Crippen LogP contribution in [-0.4, -0.2) is 29.0 Å². The molecule has 0 saturated heterocycles. The summed E-state index contributed by atoms with van der Waals surface area (Å²) in [5.74, 6) is -1.11. The van der Waals surface area contributed by atoms with Crippen LogP contribution in [0.2, 0.25) is 0 Å². The quantitative estimate of drug-likeness (QED) is 0.447. The van der Waals surface area contributed by atoms with Gasteiger partial charge in [0.15, 0.2) is 5.69 Å². The Morgan fingerprint density at radius 1 is 1.11 bits per heavy atom. The minimum Gasteiger partial charge on any atom is -0.464 e. The zero-order valence-corrected chi connectivity index (χ0v) is 16.8. The Balaban J connectivity index is 2.25. The summed E-state index contributed by atoms with van der Waals surface area (Å²) in [7, 11) is 1.22. The van der Waals surface area contributed by atoms with E-state index in [9.17, 15) is 9.59 Å². The number of ether oxygens (including phenoxy) is 2. The summed E-state index contributed by atoms with van der Waals surface area (Å²) in [5.41, 5.74) is 0.222. The Kier molecular flexibility index (Phi) is 5.01. The highest BCUT2D eigenvalue weighted by Crippen LogP contribution is 2.37. The van der Waals surface area contributed by atoms with Crippen molar-refractivity contribution in [2.75, 3.05) is 7.11 Å². The third kappa shape index (κ3) is 3.71. The normalized spacial score (nSPS) is 11.4. The number of methoxy groups -OCH3 is 1. The Labute approximate surface area is 163 Å². The highest BCUT2D eigenvalue weighted by atomic mass is 79.9. The number of hydrogen-bond donors (Lipinski definition) is 0. The first-order chi connectivity index (χ1) is 12.7. The van der Waals surface area contributed by atoms with Gasteiger partial charge in [-0.25, -0.2) is 14.8 Å². The number of carbonyl (C=O) groups excluding carboxylic acids is 2. The van der Waals surface area contributed by atoms with Crippen LogP contribution in [0.4, 0.5) is 0 Å². The van der Waals surface area contributed by atoms with Crippen molar-refractivity contribution >= 4 is 39.0 Å². The van der Waals surface area contributed by atoms with Crippen molar-refractivity contribution in [2.45, 2.75) is 20.8 Å². The number of aromatic nitrogens is 2. The van der Waals surface area contributed by atoms with Gasteiger partial charge in [-0.15, -0.1) is 0 Å². The van der Waals surface area contributed by atoms with Gasteiger partial charge >= 0.3 is 11.9 Å². The van der Waals surface area contributed by atoms with Gasteiger partial charge < -0.3 is 13.9 Å². The van der Waals surface area contributed by atoms with E-state index in [1.807, 2.05) is 30.3 Å². The standard InChI is InChI=1S/C19H17BrN2O5/c1-19(2,3)18(24)27-14-12(17(23)25-4)21-15(20)11-13(14)26-16(22-11)10-8-6-5-7-9-10/h5-9H,1-4H3. The predicted octanol–water partition coefficient (Wildman–Crippen LogP) is 4.39. The molecule has 8 heteroatoms. The molecule has 0 saturated carbocycles. The Hall–Kier alpha value is -2.74. The number of benzene rings is 1. The fourth-order valence-corrected chi connectivity index (χ4v) is 2.65. The van der Waals surface area contributed by atoms with E-state index in [4.69, 9.17) is 13.9 Å². The third-order valence-electron chi connectivity index (χ3n) is 3.66. The second kappa shape index (κ2) is 7.11. The zero-order chi connectivity index (χ0) is 19.8. The summed E-state index contributed by atoms with van der Waals surface area (Å²) < 4.78 is 16.4. The summed E-state index contributed by atoms with van der Waals surface area (Å²) in [6.07, 6.45) is 0. The molecule has 2 aromatic heterocycles. The SMILES string of the molecule is COC(=O)c1nc(Br)c2nc(-c3ccccc3)oc2c1OC(=O)C(C)(C)C. The molecule has 0 unspecified atom stereocenters. The molecule has 140 valence electrons. The van der Waals surface area contributed by atoms with Crippen molar-refractivity contribution in [3.05, 3.63) is 40.6 Å². The van der Waals surface area contributed by atoms with E-state index in [0.29, 0.717) is 11.4 Å². The Morgan fingerprint density at radius 2 is 1.78 bits per heavy atom. The number of nitrogens with zero attached hydrogens (tertiary/aromatic N) is 2. The second-order valence-corrected chi connectivity index (χ2v) is 7.53. The van der Waals surface area contributed by atoms with Crippen molar-refractivity contribution in [1.82, 2.24) is 9.97 Å². The largest absolute Gasteiger partial charge is 0.464 e. The smallest absolute Gasteiger partial charge is 0.360 e. The van der Waals surface area contributed by atoms with E-state index in [0.717, 1.165) is 5.56 Å². The van der Waals surface area contributed by atoms with Crippen LogP contribution < -0.4 is 4.74 Å². The molecule has 0 aliphatic heterocycles. The molecule has 0 aliphatic rings. The van der Waals surface area contributed by atoms with E-state index < -0.39 is 17.4 Å². The van der Waals surface area contributed by atoms with Crippen molar-refractivity contribution in [2.24, 2.45) is 5.41 Å². The average Bonchev–Trinajstić information content (AvgIpc) is 3.09. The summed E-state index contributed by atoms with van der Waals surface area (Å²) >= 11 is 3.29. The van der Waals surface area contributed by atoms with Crippen LogP contribution in [0.1, 0.15) is 31.3 Å². The van der Waals surface area contributed by atoms with E-state index in [-0.39, 0.29) is 21.6 Å². The number of fused-ring (bicyclic) bond motifs is 1. The lowest BCUT2D eigenvalue weighted by Crippen LogP contribution is -2.26. The summed E-state index contributed by atoms with van der Waals surface area (Å²) in [4.78, 5) is 33.2. The van der Waals surface area contributed by atoms with Gasteiger partial charge in [0, 0.05) is 5.56 Å². The first-order valence-electron chi connectivity index (χ1n) is 8.08. The Bertz CT molecular complexity index is 1020. The van der Waals surface area contributed by atoms with Crippen LogP contribution >= 0.6 is 15.9 Å². The minimum absolute atomic E-state index is 0.116. The number of carbonyl (C=O) groups is 2. The first kappa shape index (κ1) is 19.0. The highest BCUT2D eigenvalue weighted by Gasteiger charge is 2.31. The second-order valence-electron chi connectivity index (χ2n) is 6.77. The van der Waals surface area contributed by atoms with Crippen molar-refractivity contribution in [3.8, 4) is 17.2 Å². The predicted molar refractivity (Wildman–Crippen MR) is 101 cm³/mol. The van der Waals surface area contributed by atoms with Crippen LogP contribution in [0.15, 0.2) is 39.4 Å². The molecule has 0 aliphatic carbocycles. The van der Waals surface area contributed by atoms with Crippen LogP contribution in [0.3, 0.4) is 0 Å². The number of oxazole rings is 1. The molecule has 0 spiro atoms. The molecule has 0 radical (unpaired) electrons. The van der Waals surface area contributed by atoms with Gasteiger partial charge in [0.25, 0.3) is 0 Å². The molecular formula is C19H17BrN2O5. The number of hydrogen-bond acceptors (Lipinski definition) is 7. The number of rotatable bonds is 3. The maximum atomic E-state index is 12.4. The summed E-state index contributed by atoms with van der Waals surface area (Å²) in [5, 5.41) is 0. The molecule has 27 heavy (non-hydrogen) atoms. The third-order valence-corrected chi connectivity index (χ3v) is 4.21. The first-order valence-corrected chi connectivity index (χ1v) is 8.87. The lowest BCUT2D eigenvalue weighted by molar-refractivity contribution is -0.143. The molecule has 0 bridgehead atoms. The summed E-state index contributed by atoms with van der Waals surface area (Å²) in [6, 6.07) is 9.22. The van der Waals surface area contributed by atoms with Gasteiger partial charge in [0.1, 0.15) is 10.1 Å². The molecule has 0 atom stereocenters. The Morgan fingerprint density at radius 3 is 2.37 bits per heavy atom. The molecular weight excluding hydrogens is 416 g/mol. The van der Waals surface area contributed by atoms with Crippen molar-refractivity contribution < 1.29 is 23.5 Å². The van der Waals surface area contributed by atoms with E-state index in [2.05, 4.69) is 25.9 Å². The summed E-state index contributed by atoms with van der Waals surface area (Å²) in [6.45, 7) is 5.10. The van der Waals surface area contributed by atoms with Crippen molar-refractivity contribution in [3.63, 3.8) is 0 Å². The average molecular weight is 433 g/mol. The number of halogens is 1. The zero-order valence-electron chi connectivity index (χ0n) is 15.2. The fourth-order valence-electron chi connectivity index (χ4n) is 2.20. The maximum absolute atomic E-state index is 12.4. The van der Waals surface area contributed by atoms with Gasteiger partial charge in [0.05, 0.1) is 12.5 Å². The molecule has 2 heterocycles. The fraction of sp³-hybridized carbons (Fsp3) is 0.263. The number of esters is 2. The molecule has 1 aromatic carbocycles. The van der Waals surface area contributed by atoms with Gasteiger partial charge in [-0.2, -0.15) is 0 Å². The van der Waals surface area contributed by atoms with E-state index >= 15 is 0 Å². The van der Waals surface area contributed by atoms with Crippen LogP contribution in [0.5, 0.6) is 5.75 Å². The molecule has 7 nitrogen and oxygen atoms in total. The molecule has 0 N–H and O–H groups in total. The lowest BCUT2D eigenvalue weighted by Gasteiger charge is -2.17. The molecule has 3 aromatic rings. The maximum Gasteiger partial charge on any atom is 0.360 e. The van der Waals surface area contributed by atoms with Gasteiger partial charge in [-0.3, -0.25) is 4.79 Å². The minimum atomic E-state index is -0.797. The van der Waals surface area contributed by atoms with E-state index in [1.54, 1.807) is 20.8 Å². The lowest BCUT2D eigenvalue weighted by atomic mass is 9.97. The van der Waals surface area contributed by atoms with E-state index in [1.165, 1.54) is 7.11 Å². The molecule has 3 rings (SSSR count). The molecule has 0 fully saturated rings. The van der Waals surface area contributed by atoms with Crippen molar-refractivity contribution in [1.29, 1.82) is 0 Å². The van der Waals surface area contributed by atoms with Gasteiger partial charge in [0.2, 0.25) is 17.2 Å². The topological polar surface area (TPSA) is 91.5 Å². The van der Waals surface area contributed by atoms with Gasteiger partial charge in [-0.05, 0) is 48.8 Å². The number of pyridine rings is 1. The monoisotopic (exact) mass is 432 g/mol. The van der Waals surface area contributed by atoms with Gasteiger partial charge in [-0.1, -0.05) is 18.2 Å². The van der Waals surface area contributed by atoms with Crippen LogP contribution in [0.25, 0.3) is 22.6 Å².